The lowest BCUT2D eigenvalue weighted by molar-refractivity contribution is 0.102. The molecular weight excluding hydrogens is 382 g/mol. The number of anilines is 1. The molecule has 0 atom stereocenters. The van der Waals surface area contributed by atoms with E-state index in [0.29, 0.717) is 33.9 Å². The van der Waals surface area contributed by atoms with E-state index >= 15 is 0 Å². The van der Waals surface area contributed by atoms with Crippen molar-refractivity contribution >= 4 is 17.4 Å². The van der Waals surface area contributed by atoms with Gasteiger partial charge in [-0.25, -0.2) is 9.78 Å². The summed E-state index contributed by atoms with van der Waals surface area (Å²) in [7, 11) is 0. The maximum Gasteiger partial charge on any atom is 0.264 e. The zero-order valence-electron chi connectivity index (χ0n) is 16.0. The van der Waals surface area contributed by atoms with Crippen molar-refractivity contribution < 1.29 is 9.59 Å². The first-order chi connectivity index (χ1) is 14.5. The number of carbonyl (C=O) groups excluding carboxylic acids is 2. The van der Waals surface area contributed by atoms with Gasteiger partial charge < -0.3 is 5.32 Å². The molecule has 30 heavy (non-hydrogen) atoms. The summed E-state index contributed by atoms with van der Waals surface area (Å²) in [5.41, 5.74) is 2.13. The molecule has 8 heteroatoms. The van der Waals surface area contributed by atoms with Gasteiger partial charge in [-0.3, -0.25) is 14.4 Å². The standard InChI is InChI=1S/C22H17N5O3/c1-14-18(13-23-27(14)19-10-11-20(28)26-25-19)22(30)24-17-9-5-8-16(12-17)21(29)15-6-3-2-4-7-15/h2-13H,1H3,(H,24,30)(H,26,28). The number of aromatic amines is 1. The Morgan fingerprint density at radius 3 is 2.47 bits per heavy atom. The number of H-pyrrole nitrogens is 1. The van der Waals surface area contributed by atoms with Crippen LogP contribution in [0.3, 0.4) is 0 Å². The molecule has 8 nitrogen and oxygen atoms in total. The number of amides is 1. The Morgan fingerprint density at radius 2 is 1.73 bits per heavy atom. The molecule has 0 aliphatic heterocycles. The lowest BCUT2D eigenvalue weighted by Gasteiger charge is -2.08. The van der Waals surface area contributed by atoms with E-state index in [0.717, 1.165) is 0 Å². The van der Waals surface area contributed by atoms with Crippen LogP contribution >= 0.6 is 0 Å². The molecule has 0 fully saturated rings. The fourth-order valence-corrected chi connectivity index (χ4v) is 3.01. The van der Waals surface area contributed by atoms with Gasteiger partial charge in [-0.1, -0.05) is 42.5 Å². The number of ketones is 1. The van der Waals surface area contributed by atoms with E-state index in [2.05, 4.69) is 20.6 Å². The number of hydrogen-bond donors (Lipinski definition) is 2. The maximum atomic E-state index is 12.8. The third kappa shape index (κ3) is 3.79. The molecule has 0 aliphatic rings. The quantitative estimate of drug-likeness (QED) is 0.502. The van der Waals surface area contributed by atoms with Crippen LogP contribution in [-0.2, 0) is 0 Å². The van der Waals surface area contributed by atoms with Crippen LogP contribution in [-0.4, -0.2) is 31.7 Å². The first-order valence-electron chi connectivity index (χ1n) is 9.15. The third-order valence-electron chi connectivity index (χ3n) is 4.55. The lowest BCUT2D eigenvalue weighted by Crippen LogP contribution is -2.14. The number of nitrogens with zero attached hydrogens (tertiary/aromatic N) is 3. The minimum absolute atomic E-state index is 0.125. The second-order valence-electron chi connectivity index (χ2n) is 6.56. The van der Waals surface area contributed by atoms with Gasteiger partial charge in [-0.15, -0.1) is 0 Å². The molecule has 0 spiro atoms. The second kappa shape index (κ2) is 7.96. The van der Waals surface area contributed by atoms with Gasteiger partial charge in [-0.2, -0.15) is 10.2 Å². The molecule has 0 radical (unpaired) electrons. The Kier molecular flexibility index (Phi) is 5.04. The number of aromatic nitrogens is 4. The van der Waals surface area contributed by atoms with Crippen LogP contribution in [0, 0.1) is 6.92 Å². The molecule has 0 saturated heterocycles. The number of rotatable bonds is 5. The SMILES string of the molecule is Cc1c(C(=O)Nc2cccc(C(=O)c3ccccc3)c2)cnn1-c1ccc(=O)[nH]n1. The van der Waals surface area contributed by atoms with E-state index in [1.54, 1.807) is 55.5 Å². The number of benzene rings is 2. The Labute approximate surface area is 171 Å². The summed E-state index contributed by atoms with van der Waals surface area (Å²) in [6.07, 6.45) is 1.43. The molecule has 4 rings (SSSR count). The highest BCUT2D eigenvalue weighted by Gasteiger charge is 2.17. The number of carbonyl (C=O) groups is 2. The maximum absolute atomic E-state index is 12.8. The predicted octanol–water partition coefficient (Wildman–Crippen LogP) is 2.75. The monoisotopic (exact) mass is 399 g/mol. The Balaban J connectivity index is 1.56. The summed E-state index contributed by atoms with van der Waals surface area (Å²) in [6.45, 7) is 1.73. The summed E-state index contributed by atoms with van der Waals surface area (Å²) in [5.74, 6) is -0.103. The molecule has 4 aromatic rings. The fourth-order valence-electron chi connectivity index (χ4n) is 3.01. The molecule has 0 saturated carbocycles. The van der Waals surface area contributed by atoms with Crippen molar-refractivity contribution in [3.05, 3.63) is 106 Å². The van der Waals surface area contributed by atoms with E-state index in [9.17, 15) is 14.4 Å². The highest BCUT2D eigenvalue weighted by molar-refractivity contribution is 6.10. The predicted molar refractivity (Wildman–Crippen MR) is 111 cm³/mol. The zero-order chi connectivity index (χ0) is 21.1. The van der Waals surface area contributed by atoms with Crippen molar-refractivity contribution in [2.75, 3.05) is 5.32 Å². The van der Waals surface area contributed by atoms with Gasteiger partial charge in [0.05, 0.1) is 17.5 Å². The highest BCUT2D eigenvalue weighted by Crippen LogP contribution is 2.17. The van der Waals surface area contributed by atoms with Gasteiger partial charge in [0.1, 0.15) is 0 Å². The van der Waals surface area contributed by atoms with E-state index in [-0.39, 0.29) is 17.2 Å². The Hall–Kier alpha value is -4.33. The van der Waals surface area contributed by atoms with Gasteiger partial charge in [0.15, 0.2) is 11.6 Å². The van der Waals surface area contributed by atoms with E-state index < -0.39 is 0 Å². The summed E-state index contributed by atoms with van der Waals surface area (Å²) in [5, 5.41) is 13.2. The van der Waals surface area contributed by atoms with E-state index in [4.69, 9.17) is 0 Å². The summed E-state index contributed by atoms with van der Waals surface area (Å²) < 4.78 is 1.46. The normalized spacial score (nSPS) is 10.6. The molecule has 1 amide bonds. The molecule has 2 aromatic carbocycles. The molecule has 0 bridgehead atoms. The van der Waals surface area contributed by atoms with Gasteiger partial charge in [0, 0.05) is 22.9 Å². The van der Waals surface area contributed by atoms with Gasteiger partial charge in [0.25, 0.3) is 11.5 Å². The van der Waals surface area contributed by atoms with Gasteiger partial charge >= 0.3 is 0 Å². The fraction of sp³-hybridized carbons (Fsp3) is 0.0455. The van der Waals surface area contributed by atoms with Crippen molar-refractivity contribution in [2.45, 2.75) is 6.92 Å². The molecular formula is C22H17N5O3. The van der Waals surface area contributed by atoms with Gasteiger partial charge in [-0.05, 0) is 25.1 Å². The van der Waals surface area contributed by atoms with E-state index in [1.807, 2.05) is 6.07 Å². The Bertz CT molecular complexity index is 1270. The van der Waals surface area contributed by atoms with Crippen LogP contribution in [0.15, 0.2) is 77.7 Å². The first-order valence-corrected chi connectivity index (χ1v) is 9.15. The van der Waals surface area contributed by atoms with Crippen LogP contribution in [0.25, 0.3) is 5.82 Å². The number of hydrogen-bond acceptors (Lipinski definition) is 5. The first kappa shape index (κ1) is 19.0. The second-order valence-corrected chi connectivity index (χ2v) is 6.56. The topological polar surface area (TPSA) is 110 Å². The molecule has 148 valence electrons. The van der Waals surface area contributed by atoms with Crippen molar-refractivity contribution in [1.82, 2.24) is 20.0 Å². The smallest absolute Gasteiger partial charge is 0.264 e. The van der Waals surface area contributed by atoms with Gasteiger partial charge in [0.2, 0.25) is 0 Å². The van der Waals surface area contributed by atoms with Crippen molar-refractivity contribution in [2.24, 2.45) is 0 Å². The summed E-state index contributed by atoms with van der Waals surface area (Å²) >= 11 is 0. The zero-order valence-corrected chi connectivity index (χ0v) is 16.0. The largest absolute Gasteiger partial charge is 0.322 e. The molecule has 0 unspecified atom stereocenters. The highest BCUT2D eigenvalue weighted by atomic mass is 16.2. The van der Waals surface area contributed by atoms with Crippen molar-refractivity contribution in [3.8, 4) is 5.82 Å². The summed E-state index contributed by atoms with van der Waals surface area (Å²) in [6, 6.07) is 18.6. The lowest BCUT2D eigenvalue weighted by atomic mass is 10.0. The molecule has 2 N–H and O–H groups in total. The van der Waals surface area contributed by atoms with Crippen LogP contribution in [0.5, 0.6) is 0 Å². The van der Waals surface area contributed by atoms with Crippen molar-refractivity contribution in [1.29, 1.82) is 0 Å². The average molecular weight is 399 g/mol. The van der Waals surface area contributed by atoms with Crippen molar-refractivity contribution in [3.63, 3.8) is 0 Å². The Morgan fingerprint density at radius 1 is 0.967 bits per heavy atom. The third-order valence-corrected chi connectivity index (χ3v) is 4.55. The van der Waals surface area contributed by atoms with Crippen LogP contribution in [0.1, 0.15) is 32.0 Å². The minimum Gasteiger partial charge on any atom is -0.322 e. The molecule has 2 heterocycles. The average Bonchev–Trinajstić information content (AvgIpc) is 3.16. The number of nitrogens with one attached hydrogen (secondary N) is 2. The summed E-state index contributed by atoms with van der Waals surface area (Å²) in [4.78, 5) is 36.6. The molecule has 0 aliphatic carbocycles. The van der Waals surface area contributed by atoms with Crippen LogP contribution < -0.4 is 10.9 Å². The van der Waals surface area contributed by atoms with Crippen LogP contribution in [0.2, 0.25) is 0 Å². The van der Waals surface area contributed by atoms with Crippen LogP contribution in [0.4, 0.5) is 5.69 Å². The minimum atomic E-state index is -0.368. The molecule has 2 aromatic heterocycles. The van der Waals surface area contributed by atoms with E-state index in [1.165, 1.54) is 23.0 Å².